The van der Waals surface area contributed by atoms with Crippen molar-refractivity contribution in [2.45, 2.75) is 58.3 Å². The van der Waals surface area contributed by atoms with Crippen molar-refractivity contribution in [3.8, 4) is 0 Å². The minimum atomic E-state index is 0.878. The van der Waals surface area contributed by atoms with Crippen molar-refractivity contribution in [1.82, 2.24) is 0 Å². The standard InChI is InChI=1S/C13H23/c1-2-13-11-9-7-5-3-4-6-8-10-12-13/h2,5,7,13H,3-4,6,8-12H2,1H3/b7-5-. The second-order valence-electron chi connectivity index (χ2n) is 4.13. The van der Waals surface area contributed by atoms with Crippen LogP contribution in [0.4, 0.5) is 0 Å². The van der Waals surface area contributed by atoms with Crippen LogP contribution < -0.4 is 0 Å². The van der Waals surface area contributed by atoms with E-state index in [0.29, 0.717) is 0 Å². The van der Waals surface area contributed by atoms with E-state index in [1.807, 2.05) is 0 Å². The Balaban J connectivity index is 2.27. The molecule has 1 atom stereocenters. The summed E-state index contributed by atoms with van der Waals surface area (Å²) in [5.41, 5.74) is 0. The van der Waals surface area contributed by atoms with Crippen molar-refractivity contribution in [3.05, 3.63) is 18.6 Å². The van der Waals surface area contributed by atoms with Crippen LogP contribution in [0.15, 0.2) is 12.2 Å². The molecule has 75 valence electrons. The Kier molecular flexibility index (Phi) is 5.97. The molecule has 1 unspecified atom stereocenters. The fraction of sp³-hybridized carbons (Fsp3) is 0.769. The van der Waals surface area contributed by atoms with Crippen LogP contribution in [0.1, 0.15) is 58.3 Å². The van der Waals surface area contributed by atoms with E-state index in [1.165, 1.54) is 51.4 Å². The van der Waals surface area contributed by atoms with Crippen LogP contribution in [0.25, 0.3) is 0 Å². The smallest absolute Gasteiger partial charge is 0.0348 e. The average molecular weight is 179 g/mol. The van der Waals surface area contributed by atoms with Crippen LogP contribution in [-0.2, 0) is 0 Å². The first kappa shape index (κ1) is 10.8. The number of rotatable bonds is 1. The second-order valence-corrected chi connectivity index (χ2v) is 4.13. The summed E-state index contributed by atoms with van der Waals surface area (Å²) in [4.78, 5) is 0. The molecule has 0 spiro atoms. The molecule has 0 saturated carbocycles. The van der Waals surface area contributed by atoms with Gasteiger partial charge in [-0.3, -0.25) is 0 Å². The summed E-state index contributed by atoms with van der Waals surface area (Å²) in [6.45, 7) is 2.22. The highest BCUT2D eigenvalue weighted by molar-refractivity contribution is 4.84. The topological polar surface area (TPSA) is 0 Å². The molecule has 0 nitrogen and oxygen atoms in total. The molecule has 0 heteroatoms. The van der Waals surface area contributed by atoms with Gasteiger partial charge in [-0.25, -0.2) is 0 Å². The first-order valence-electron chi connectivity index (χ1n) is 5.88. The predicted molar refractivity (Wildman–Crippen MR) is 59.5 cm³/mol. The van der Waals surface area contributed by atoms with Crippen LogP contribution in [-0.4, -0.2) is 0 Å². The third-order valence-electron chi connectivity index (χ3n) is 3.04. The zero-order chi connectivity index (χ0) is 9.36. The maximum atomic E-state index is 2.39. The highest BCUT2D eigenvalue weighted by Gasteiger charge is 2.05. The van der Waals surface area contributed by atoms with Crippen molar-refractivity contribution >= 4 is 0 Å². The molecule has 13 heavy (non-hydrogen) atoms. The Morgan fingerprint density at radius 3 is 2.54 bits per heavy atom. The van der Waals surface area contributed by atoms with Crippen LogP contribution in [0.2, 0.25) is 0 Å². The number of hydrogen-bond acceptors (Lipinski definition) is 0. The van der Waals surface area contributed by atoms with E-state index in [0.717, 1.165) is 5.92 Å². The van der Waals surface area contributed by atoms with Crippen LogP contribution in [0.3, 0.4) is 0 Å². The normalized spacial score (nSPS) is 29.2. The zero-order valence-corrected chi connectivity index (χ0v) is 8.97. The summed E-state index contributed by atoms with van der Waals surface area (Å²) < 4.78 is 0. The van der Waals surface area contributed by atoms with Gasteiger partial charge in [0, 0.05) is 0 Å². The lowest BCUT2D eigenvalue weighted by Crippen LogP contribution is -1.98. The van der Waals surface area contributed by atoms with Crippen LogP contribution in [0, 0.1) is 12.3 Å². The van der Waals surface area contributed by atoms with Crippen molar-refractivity contribution in [2.75, 3.05) is 0 Å². The first-order chi connectivity index (χ1) is 6.43. The Morgan fingerprint density at radius 1 is 0.923 bits per heavy atom. The quantitative estimate of drug-likeness (QED) is 0.519. The van der Waals surface area contributed by atoms with Gasteiger partial charge in [0.05, 0.1) is 0 Å². The van der Waals surface area contributed by atoms with E-state index in [9.17, 15) is 0 Å². The van der Waals surface area contributed by atoms with Crippen molar-refractivity contribution in [1.29, 1.82) is 0 Å². The third-order valence-corrected chi connectivity index (χ3v) is 3.04. The van der Waals surface area contributed by atoms with Gasteiger partial charge in [0.2, 0.25) is 0 Å². The summed E-state index contributed by atoms with van der Waals surface area (Å²) in [5.74, 6) is 0.878. The lowest BCUT2D eigenvalue weighted by atomic mass is 9.94. The lowest BCUT2D eigenvalue weighted by Gasteiger charge is -2.12. The molecular weight excluding hydrogens is 156 g/mol. The molecule has 1 radical (unpaired) electrons. The Labute approximate surface area is 83.4 Å². The summed E-state index contributed by atoms with van der Waals surface area (Å²) in [7, 11) is 0. The predicted octanol–water partition coefficient (Wildman–Crippen LogP) is 4.52. The molecule has 0 amide bonds. The largest absolute Gasteiger partial charge is 0.0885 e. The van der Waals surface area contributed by atoms with Gasteiger partial charge in [-0.2, -0.15) is 0 Å². The molecular formula is C13H23. The SMILES string of the molecule is C[CH]C1CC/C=C\CCCCCC1. The molecule has 1 aliphatic rings. The highest BCUT2D eigenvalue weighted by atomic mass is 14.1. The van der Waals surface area contributed by atoms with Gasteiger partial charge in [-0.05, 0) is 38.0 Å². The molecule has 0 aromatic heterocycles. The zero-order valence-electron chi connectivity index (χ0n) is 8.97. The van der Waals surface area contributed by atoms with E-state index in [2.05, 4.69) is 25.5 Å². The van der Waals surface area contributed by atoms with E-state index in [4.69, 9.17) is 0 Å². The van der Waals surface area contributed by atoms with Gasteiger partial charge < -0.3 is 0 Å². The van der Waals surface area contributed by atoms with E-state index in [1.54, 1.807) is 0 Å². The maximum Gasteiger partial charge on any atom is -0.0348 e. The van der Waals surface area contributed by atoms with Gasteiger partial charge in [0.15, 0.2) is 0 Å². The van der Waals surface area contributed by atoms with Crippen molar-refractivity contribution in [3.63, 3.8) is 0 Å². The van der Waals surface area contributed by atoms with Gasteiger partial charge >= 0.3 is 0 Å². The summed E-state index contributed by atoms with van der Waals surface area (Å²) in [5, 5.41) is 0. The molecule has 0 bridgehead atoms. The summed E-state index contributed by atoms with van der Waals surface area (Å²) in [6, 6.07) is 0. The van der Waals surface area contributed by atoms with Crippen LogP contribution >= 0.6 is 0 Å². The molecule has 0 N–H and O–H groups in total. The maximum absolute atomic E-state index is 2.39. The minimum Gasteiger partial charge on any atom is -0.0885 e. The molecule has 0 saturated heterocycles. The van der Waals surface area contributed by atoms with Crippen molar-refractivity contribution < 1.29 is 0 Å². The minimum absolute atomic E-state index is 0.878. The second kappa shape index (κ2) is 7.17. The molecule has 1 rings (SSSR count). The van der Waals surface area contributed by atoms with E-state index >= 15 is 0 Å². The lowest BCUT2D eigenvalue weighted by molar-refractivity contribution is 0.480. The summed E-state index contributed by atoms with van der Waals surface area (Å²) in [6.07, 6.45) is 18.2. The Hall–Kier alpha value is -0.260. The monoisotopic (exact) mass is 179 g/mol. The third kappa shape index (κ3) is 5.13. The van der Waals surface area contributed by atoms with Crippen LogP contribution in [0.5, 0.6) is 0 Å². The molecule has 0 heterocycles. The summed E-state index contributed by atoms with van der Waals surface area (Å²) >= 11 is 0. The number of hydrogen-bond donors (Lipinski definition) is 0. The van der Waals surface area contributed by atoms with Crippen molar-refractivity contribution in [2.24, 2.45) is 5.92 Å². The van der Waals surface area contributed by atoms with Gasteiger partial charge in [-0.15, -0.1) is 0 Å². The van der Waals surface area contributed by atoms with Gasteiger partial charge in [0.25, 0.3) is 0 Å². The Bertz CT molecular complexity index is 135. The highest BCUT2D eigenvalue weighted by Crippen LogP contribution is 2.20. The van der Waals surface area contributed by atoms with E-state index < -0.39 is 0 Å². The Morgan fingerprint density at radius 2 is 1.69 bits per heavy atom. The molecule has 0 fully saturated rings. The number of allylic oxidation sites excluding steroid dienone is 2. The van der Waals surface area contributed by atoms with E-state index in [-0.39, 0.29) is 0 Å². The first-order valence-corrected chi connectivity index (χ1v) is 5.88. The fourth-order valence-corrected chi connectivity index (χ4v) is 2.05. The molecule has 0 aromatic rings. The molecule has 1 aliphatic carbocycles. The van der Waals surface area contributed by atoms with Gasteiger partial charge in [-0.1, -0.05) is 44.8 Å². The molecule has 0 aliphatic heterocycles. The fourth-order valence-electron chi connectivity index (χ4n) is 2.05. The average Bonchev–Trinajstić information content (AvgIpc) is 2.22. The molecule has 0 aromatic carbocycles. The van der Waals surface area contributed by atoms with Gasteiger partial charge in [0.1, 0.15) is 0 Å².